The zero-order chi connectivity index (χ0) is 15.9. The molecule has 0 fully saturated rings. The van der Waals surface area contributed by atoms with E-state index < -0.39 is 6.03 Å². The molecule has 0 aromatic heterocycles. The summed E-state index contributed by atoms with van der Waals surface area (Å²) in [5.41, 5.74) is 11.0. The number of amides is 2. The smallest absolute Gasteiger partial charge is 0.332 e. The first kappa shape index (κ1) is 16.0. The van der Waals surface area contributed by atoms with Gasteiger partial charge in [0.1, 0.15) is 0 Å². The normalized spacial score (nSPS) is 12.1. The van der Waals surface area contributed by atoms with E-state index in [0.29, 0.717) is 5.71 Å². The third kappa shape index (κ3) is 4.56. The van der Waals surface area contributed by atoms with Crippen LogP contribution in [0.25, 0.3) is 11.6 Å². The lowest BCUT2D eigenvalue weighted by molar-refractivity contribution is 0.249. The Hall–Kier alpha value is -2.40. The first-order valence-electron chi connectivity index (χ1n) is 6.69. The molecular formula is C17H16BrN3O. The number of hydrazone groups is 1. The van der Waals surface area contributed by atoms with Crippen molar-refractivity contribution < 1.29 is 4.79 Å². The molecule has 2 aromatic carbocycles. The number of nitrogens with one attached hydrogen (secondary N) is 1. The lowest BCUT2D eigenvalue weighted by Crippen LogP contribution is -2.25. The molecule has 0 aliphatic heterocycles. The van der Waals surface area contributed by atoms with Crippen molar-refractivity contribution in [3.63, 3.8) is 0 Å². The molecule has 0 aliphatic rings. The largest absolute Gasteiger partial charge is 0.350 e. The molecule has 2 amide bonds. The molecule has 0 heterocycles. The number of carbonyl (C=O) groups is 1. The Morgan fingerprint density at radius 2 is 1.77 bits per heavy atom. The molecule has 2 rings (SSSR count). The summed E-state index contributed by atoms with van der Waals surface area (Å²) in [5.74, 6) is 0. The van der Waals surface area contributed by atoms with Crippen molar-refractivity contribution in [1.29, 1.82) is 0 Å². The van der Waals surface area contributed by atoms with E-state index in [1.54, 1.807) is 0 Å². The zero-order valence-corrected chi connectivity index (χ0v) is 13.7. The van der Waals surface area contributed by atoms with Crippen molar-refractivity contribution in [2.45, 2.75) is 6.92 Å². The Labute approximate surface area is 137 Å². The summed E-state index contributed by atoms with van der Waals surface area (Å²) in [6.07, 6.45) is 2.02. The topological polar surface area (TPSA) is 67.5 Å². The highest BCUT2D eigenvalue weighted by Crippen LogP contribution is 2.21. The highest BCUT2D eigenvalue weighted by atomic mass is 79.9. The number of rotatable bonds is 4. The monoisotopic (exact) mass is 357 g/mol. The number of hydrogen-bond donors (Lipinski definition) is 2. The van der Waals surface area contributed by atoms with Gasteiger partial charge in [0.05, 0.1) is 5.71 Å². The Morgan fingerprint density at radius 3 is 2.36 bits per heavy atom. The standard InChI is InChI=1S/C17H16BrN3O/c1-12(20-21-17(19)22)16(14-5-3-2-4-6-14)11-13-7-9-15(18)10-8-13/h2-11H,1H3,(H3,19,21,22)/b16-11+,20-12-. The molecule has 0 saturated heterocycles. The fourth-order valence-electron chi connectivity index (χ4n) is 1.94. The maximum absolute atomic E-state index is 10.8. The van der Waals surface area contributed by atoms with Crippen LogP contribution in [0.5, 0.6) is 0 Å². The first-order chi connectivity index (χ1) is 10.6. The van der Waals surface area contributed by atoms with Crippen LogP contribution in [0.1, 0.15) is 18.1 Å². The van der Waals surface area contributed by atoms with Gasteiger partial charge in [-0.15, -0.1) is 0 Å². The van der Waals surface area contributed by atoms with Gasteiger partial charge >= 0.3 is 6.03 Å². The van der Waals surface area contributed by atoms with Crippen molar-refractivity contribution in [2.24, 2.45) is 10.8 Å². The minimum absolute atomic E-state index is 0.674. The second-order valence-electron chi connectivity index (χ2n) is 4.65. The molecule has 3 N–H and O–H groups in total. The predicted octanol–water partition coefficient (Wildman–Crippen LogP) is 4.03. The van der Waals surface area contributed by atoms with Gasteiger partial charge in [-0.3, -0.25) is 0 Å². The number of nitrogens with zero attached hydrogens (tertiary/aromatic N) is 1. The second kappa shape index (κ2) is 7.56. The van der Waals surface area contributed by atoms with Crippen molar-refractivity contribution >= 4 is 39.3 Å². The fraction of sp³-hybridized carbons (Fsp3) is 0.0588. The van der Waals surface area contributed by atoms with Crippen LogP contribution < -0.4 is 11.2 Å². The fourth-order valence-corrected chi connectivity index (χ4v) is 2.20. The average Bonchev–Trinajstić information content (AvgIpc) is 2.53. The average molecular weight is 358 g/mol. The number of nitrogens with two attached hydrogens (primary N) is 1. The highest BCUT2D eigenvalue weighted by molar-refractivity contribution is 9.10. The van der Waals surface area contributed by atoms with Gasteiger partial charge in [0.25, 0.3) is 0 Å². The molecule has 0 saturated carbocycles. The van der Waals surface area contributed by atoms with E-state index in [4.69, 9.17) is 5.73 Å². The zero-order valence-electron chi connectivity index (χ0n) is 12.1. The minimum atomic E-state index is -0.685. The van der Waals surface area contributed by atoms with E-state index in [-0.39, 0.29) is 0 Å². The lowest BCUT2D eigenvalue weighted by atomic mass is 9.99. The Morgan fingerprint density at radius 1 is 1.14 bits per heavy atom. The third-order valence-electron chi connectivity index (χ3n) is 2.99. The van der Waals surface area contributed by atoms with Crippen LogP contribution >= 0.6 is 15.9 Å². The molecule has 4 nitrogen and oxygen atoms in total. The van der Waals surface area contributed by atoms with Crippen LogP contribution in [0, 0.1) is 0 Å². The summed E-state index contributed by atoms with van der Waals surface area (Å²) >= 11 is 3.42. The first-order valence-corrected chi connectivity index (χ1v) is 7.48. The van der Waals surface area contributed by atoms with Crippen molar-refractivity contribution in [1.82, 2.24) is 5.43 Å². The number of carbonyl (C=O) groups excluding carboxylic acids is 1. The number of urea groups is 1. The summed E-state index contributed by atoms with van der Waals surface area (Å²) in [6.45, 7) is 1.83. The molecule has 0 bridgehead atoms. The summed E-state index contributed by atoms with van der Waals surface area (Å²) in [5, 5.41) is 4.03. The molecule has 112 valence electrons. The number of primary amides is 1. The van der Waals surface area contributed by atoms with Crippen LogP contribution in [-0.2, 0) is 0 Å². The Bertz CT molecular complexity index is 706. The molecule has 5 heteroatoms. The van der Waals surface area contributed by atoms with Gasteiger partial charge in [-0.05, 0) is 36.3 Å². The van der Waals surface area contributed by atoms with E-state index in [1.807, 2.05) is 67.6 Å². The van der Waals surface area contributed by atoms with Crippen LogP contribution in [0.2, 0.25) is 0 Å². The molecule has 2 aromatic rings. The van der Waals surface area contributed by atoms with Crippen molar-refractivity contribution in [3.8, 4) is 0 Å². The Kier molecular flexibility index (Phi) is 5.49. The second-order valence-corrected chi connectivity index (χ2v) is 5.56. The van der Waals surface area contributed by atoms with E-state index in [1.165, 1.54) is 0 Å². The molecule has 0 spiro atoms. The summed E-state index contributed by atoms with van der Waals surface area (Å²) in [4.78, 5) is 10.8. The minimum Gasteiger partial charge on any atom is -0.350 e. The summed E-state index contributed by atoms with van der Waals surface area (Å²) in [6, 6.07) is 17.1. The van der Waals surface area contributed by atoms with Crippen LogP contribution in [0.3, 0.4) is 0 Å². The number of allylic oxidation sites excluding steroid dienone is 1. The SMILES string of the molecule is CC(=N/NC(N)=O)/C(=C\c1ccc(Br)cc1)c1ccccc1. The van der Waals surface area contributed by atoms with E-state index in [0.717, 1.165) is 21.2 Å². The van der Waals surface area contributed by atoms with Gasteiger partial charge in [0.15, 0.2) is 0 Å². The Balaban J connectivity index is 2.43. The third-order valence-corrected chi connectivity index (χ3v) is 3.52. The highest BCUT2D eigenvalue weighted by Gasteiger charge is 2.06. The van der Waals surface area contributed by atoms with Gasteiger partial charge in [0, 0.05) is 10.0 Å². The van der Waals surface area contributed by atoms with Gasteiger partial charge < -0.3 is 5.73 Å². The molecule has 0 aliphatic carbocycles. The van der Waals surface area contributed by atoms with E-state index in [2.05, 4.69) is 26.5 Å². The number of hydrogen-bond acceptors (Lipinski definition) is 2. The van der Waals surface area contributed by atoms with Crippen LogP contribution in [0.4, 0.5) is 4.79 Å². The van der Waals surface area contributed by atoms with E-state index in [9.17, 15) is 4.79 Å². The molecular weight excluding hydrogens is 342 g/mol. The molecule has 0 atom stereocenters. The maximum atomic E-state index is 10.8. The molecule has 22 heavy (non-hydrogen) atoms. The summed E-state index contributed by atoms with van der Waals surface area (Å²) < 4.78 is 1.02. The van der Waals surface area contributed by atoms with Gasteiger partial charge in [-0.2, -0.15) is 5.10 Å². The van der Waals surface area contributed by atoms with Gasteiger partial charge in [-0.1, -0.05) is 58.4 Å². The van der Waals surface area contributed by atoms with Crippen molar-refractivity contribution in [3.05, 3.63) is 70.2 Å². The van der Waals surface area contributed by atoms with E-state index >= 15 is 0 Å². The lowest BCUT2D eigenvalue weighted by Gasteiger charge is -2.08. The van der Waals surface area contributed by atoms with Crippen LogP contribution in [-0.4, -0.2) is 11.7 Å². The quantitative estimate of drug-likeness (QED) is 0.484. The molecule has 0 radical (unpaired) electrons. The molecule has 0 unspecified atom stereocenters. The maximum Gasteiger partial charge on any atom is 0.332 e. The number of halogens is 1. The van der Waals surface area contributed by atoms with Gasteiger partial charge in [0.2, 0.25) is 0 Å². The van der Waals surface area contributed by atoms with Crippen molar-refractivity contribution in [2.75, 3.05) is 0 Å². The van der Waals surface area contributed by atoms with Crippen LogP contribution in [0.15, 0.2) is 64.2 Å². The summed E-state index contributed by atoms with van der Waals surface area (Å²) in [7, 11) is 0. The van der Waals surface area contributed by atoms with Gasteiger partial charge in [-0.25, -0.2) is 10.2 Å². The number of benzene rings is 2. The predicted molar refractivity (Wildman–Crippen MR) is 94.3 cm³/mol.